The number of carbonyl (C=O) groups excluding carboxylic acids is 3. The number of carbonyl (C=O) groups is 3. The molecule has 27 heavy (non-hydrogen) atoms. The van der Waals surface area contributed by atoms with Gasteiger partial charge in [0, 0.05) is 42.6 Å². The first-order valence-electron chi connectivity index (χ1n) is 9.40. The largest absolute Gasteiger partial charge is 0.393 e. The minimum Gasteiger partial charge on any atom is -0.393 e. The molecule has 0 atom stereocenters. The molecule has 0 bridgehead atoms. The highest BCUT2D eigenvalue weighted by atomic mass is 16.3. The van der Waals surface area contributed by atoms with E-state index in [1.54, 1.807) is 17.0 Å². The molecule has 2 aromatic rings. The fourth-order valence-electron chi connectivity index (χ4n) is 3.95. The van der Waals surface area contributed by atoms with Gasteiger partial charge in [-0.25, -0.2) is 0 Å². The summed E-state index contributed by atoms with van der Waals surface area (Å²) in [5.74, 6) is -0.572. The predicted octanol–water partition coefficient (Wildman–Crippen LogP) is 2.20. The van der Waals surface area contributed by atoms with Gasteiger partial charge in [0.15, 0.2) is 0 Å². The van der Waals surface area contributed by atoms with Crippen molar-refractivity contribution in [3.8, 4) is 0 Å². The first kappa shape index (κ1) is 17.7. The minimum absolute atomic E-state index is 0.0151. The molecule has 6 nitrogen and oxygen atoms in total. The Balaban J connectivity index is 1.44. The maximum atomic E-state index is 12.8. The summed E-state index contributed by atoms with van der Waals surface area (Å²) in [5.41, 5.74) is 1.08. The third kappa shape index (κ3) is 3.21. The summed E-state index contributed by atoms with van der Waals surface area (Å²) in [6.07, 6.45) is 1.62. The van der Waals surface area contributed by atoms with Crippen molar-refractivity contribution in [3.05, 3.63) is 47.5 Å². The van der Waals surface area contributed by atoms with Crippen LogP contribution in [0.3, 0.4) is 0 Å². The molecule has 3 amide bonds. The second-order valence-corrected chi connectivity index (χ2v) is 7.19. The van der Waals surface area contributed by atoms with Crippen molar-refractivity contribution in [3.63, 3.8) is 0 Å². The molecule has 0 aromatic heterocycles. The summed E-state index contributed by atoms with van der Waals surface area (Å²) in [4.78, 5) is 40.9. The van der Waals surface area contributed by atoms with E-state index in [0.717, 1.165) is 5.39 Å². The Kier molecular flexibility index (Phi) is 4.66. The molecule has 2 heterocycles. The second-order valence-electron chi connectivity index (χ2n) is 7.19. The van der Waals surface area contributed by atoms with Gasteiger partial charge in [-0.1, -0.05) is 24.3 Å². The van der Waals surface area contributed by atoms with Crippen LogP contribution in [0.5, 0.6) is 0 Å². The lowest BCUT2D eigenvalue weighted by atomic mass is 9.94. The van der Waals surface area contributed by atoms with E-state index in [1.807, 2.05) is 24.3 Å². The van der Waals surface area contributed by atoms with E-state index >= 15 is 0 Å². The van der Waals surface area contributed by atoms with Crippen LogP contribution in [0.2, 0.25) is 0 Å². The first-order chi connectivity index (χ1) is 13.1. The number of likely N-dealkylation sites (tertiary alicyclic amines) is 1. The van der Waals surface area contributed by atoms with Gasteiger partial charge in [0.1, 0.15) is 0 Å². The van der Waals surface area contributed by atoms with Crippen LogP contribution in [0.4, 0.5) is 0 Å². The third-order valence-electron chi connectivity index (χ3n) is 5.45. The van der Waals surface area contributed by atoms with Crippen LogP contribution >= 0.6 is 0 Å². The smallest absolute Gasteiger partial charge is 0.261 e. The number of benzene rings is 2. The Morgan fingerprint density at radius 3 is 2.19 bits per heavy atom. The molecule has 6 heteroatoms. The average Bonchev–Trinajstić information content (AvgIpc) is 2.69. The summed E-state index contributed by atoms with van der Waals surface area (Å²) >= 11 is 0. The fourth-order valence-corrected chi connectivity index (χ4v) is 3.95. The molecule has 0 spiro atoms. The van der Waals surface area contributed by atoms with E-state index in [9.17, 15) is 19.5 Å². The van der Waals surface area contributed by atoms with E-state index < -0.39 is 0 Å². The molecule has 4 rings (SSSR count). The monoisotopic (exact) mass is 366 g/mol. The van der Waals surface area contributed by atoms with Crippen molar-refractivity contribution >= 4 is 28.5 Å². The molecule has 0 radical (unpaired) electrons. The van der Waals surface area contributed by atoms with Crippen LogP contribution < -0.4 is 0 Å². The first-order valence-corrected chi connectivity index (χ1v) is 9.40. The van der Waals surface area contributed by atoms with Gasteiger partial charge in [0.2, 0.25) is 5.91 Å². The number of rotatable bonds is 4. The molecule has 140 valence electrons. The van der Waals surface area contributed by atoms with E-state index in [1.165, 1.54) is 4.90 Å². The summed E-state index contributed by atoms with van der Waals surface area (Å²) in [6.45, 7) is 1.36. The average molecular weight is 366 g/mol. The van der Waals surface area contributed by atoms with Crippen LogP contribution in [-0.4, -0.2) is 58.4 Å². The van der Waals surface area contributed by atoms with E-state index in [0.29, 0.717) is 55.3 Å². The zero-order valence-electron chi connectivity index (χ0n) is 15.1. The molecule has 1 fully saturated rings. The maximum absolute atomic E-state index is 12.8. The maximum Gasteiger partial charge on any atom is 0.261 e. The van der Waals surface area contributed by atoms with Gasteiger partial charge >= 0.3 is 0 Å². The van der Waals surface area contributed by atoms with Gasteiger partial charge in [-0.2, -0.15) is 0 Å². The Labute approximate surface area is 157 Å². The van der Waals surface area contributed by atoms with Crippen LogP contribution in [-0.2, 0) is 4.79 Å². The number of amides is 3. The molecule has 0 unspecified atom stereocenters. The molecular weight excluding hydrogens is 344 g/mol. The molecule has 2 aromatic carbocycles. The summed E-state index contributed by atoms with van der Waals surface area (Å²) < 4.78 is 0. The quantitative estimate of drug-likeness (QED) is 0.842. The van der Waals surface area contributed by atoms with E-state index in [2.05, 4.69) is 0 Å². The predicted molar refractivity (Wildman–Crippen MR) is 100 cm³/mol. The van der Waals surface area contributed by atoms with E-state index in [4.69, 9.17) is 0 Å². The third-order valence-corrected chi connectivity index (χ3v) is 5.45. The molecule has 1 saturated heterocycles. The second kappa shape index (κ2) is 7.12. The number of hydrogen-bond acceptors (Lipinski definition) is 4. The van der Waals surface area contributed by atoms with E-state index in [-0.39, 0.29) is 30.4 Å². The van der Waals surface area contributed by atoms with Gasteiger partial charge in [-0.3, -0.25) is 19.3 Å². The standard InChI is InChI=1S/C21H22N2O4/c24-15-9-12-22(13-10-15)18(25)8-3-11-23-20(26)16-6-1-4-14-5-2-7-17(19(14)16)21(23)27/h1-2,4-7,15,24H,3,8-13H2. The minimum atomic E-state index is -0.319. The molecule has 2 aliphatic rings. The van der Waals surface area contributed by atoms with Crippen molar-refractivity contribution < 1.29 is 19.5 Å². The van der Waals surface area contributed by atoms with Gasteiger partial charge in [0.25, 0.3) is 11.8 Å². The van der Waals surface area contributed by atoms with Gasteiger partial charge in [0.05, 0.1) is 6.10 Å². The molecule has 2 aliphatic heterocycles. The Morgan fingerprint density at radius 2 is 1.59 bits per heavy atom. The normalized spacial score (nSPS) is 17.7. The lowest BCUT2D eigenvalue weighted by molar-refractivity contribution is -0.133. The highest BCUT2D eigenvalue weighted by Crippen LogP contribution is 2.30. The van der Waals surface area contributed by atoms with Gasteiger partial charge < -0.3 is 10.0 Å². The highest BCUT2D eigenvalue weighted by molar-refractivity contribution is 6.25. The van der Waals surface area contributed by atoms with Crippen molar-refractivity contribution in [1.29, 1.82) is 0 Å². The lowest BCUT2D eigenvalue weighted by Crippen LogP contribution is -2.42. The van der Waals surface area contributed by atoms with Crippen molar-refractivity contribution in [2.45, 2.75) is 31.8 Å². The summed E-state index contributed by atoms with van der Waals surface area (Å²) in [6, 6.07) is 10.9. The summed E-state index contributed by atoms with van der Waals surface area (Å²) in [7, 11) is 0. The molecule has 0 saturated carbocycles. The fraction of sp³-hybridized carbons (Fsp3) is 0.381. The number of piperidine rings is 1. The SMILES string of the molecule is O=C(CCCN1C(=O)c2cccc3cccc(c23)C1=O)N1CCC(O)CC1. The topological polar surface area (TPSA) is 77.9 Å². The zero-order valence-corrected chi connectivity index (χ0v) is 15.1. The van der Waals surface area contributed by atoms with Gasteiger partial charge in [-0.05, 0) is 36.8 Å². The van der Waals surface area contributed by atoms with Crippen LogP contribution in [0.25, 0.3) is 10.8 Å². The Bertz CT molecular complexity index is 865. The van der Waals surface area contributed by atoms with Crippen LogP contribution in [0.1, 0.15) is 46.4 Å². The summed E-state index contributed by atoms with van der Waals surface area (Å²) in [5, 5.41) is 11.1. The molecular formula is C21H22N2O4. The van der Waals surface area contributed by atoms with Crippen molar-refractivity contribution in [2.24, 2.45) is 0 Å². The molecule has 0 aliphatic carbocycles. The van der Waals surface area contributed by atoms with Crippen LogP contribution in [0, 0.1) is 0 Å². The number of hydrogen-bond donors (Lipinski definition) is 1. The zero-order chi connectivity index (χ0) is 19.0. The van der Waals surface area contributed by atoms with Crippen molar-refractivity contribution in [1.82, 2.24) is 9.80 Å². The van der Waals surface area contributed by atoms with Crippen LogP contribution in [0.15, 0.2) is 36.4 Å². The van der Waals surface area contributed by atoms with Crippen molar-refractivity contribution in [2.75, 3.05) is 19.6 Å². The lowest BCUT2D eigenvalue weighted by Gasteiger charge is -2.30. The number of aliphatic hydroxyl groups is 1. The number of aliphatic hydroxyl groups excluding tert-OH is 1. The number of nitrogens with zero attached hydrogens (tertiary/aromatic N) is 2. The number of imide groups is 1. The Hall–Kier alpha value is -2.73. The highest BCUT2D eigenvalue weighted by Gasteiger charge is 2.32. The Morgan fingerprint density at radius 1 is 1.00 bits per heavy atom. The van der Waals surface area contributed by atoms with Gasteiger partial charge in [-0.15, -0.1) is 0 Å². The molecule has 1 N–H and O–H groups in total.